The van der Waals surface area contributed by atoms with Gasteiger partial charge in [-0.1, -0.05) is 23.8 Å². The van der Waals surface area contributed by atoms with Gasteiger partial charge in [-0.2, -0.15) is 0 Å². The quantitative estimate of drug-likeness (QED) is 0.682. The molecule has 0 bridgehead atoms. The number of aryl methyl sites for hydroxylation is 2. The molecule has 0 radical (unpaired) electrons. The molecule has 1 aliphatic heterocycles. The van der Waals surface area contributed by atoms with Crippen LogP contribution in [-0.2, 0) is 4.79 Å². The number of piperidine rings is 1. The Bertz CT molecular complexity index is 982. The topological polar surface area (TPSA) is 59.7 Å². The third-order valence-electron chi connectivity index (χ3n) is 5.38. The summed E-state index contributed by atoms with van der Waals surface area (Å²) in [7, 11) is 0. The molecule has 2 aromatic heterocycles. The van der Waals surface area contributed by atoms with Gasteiger partial charge in [0.05, 0.1) is 13.0 Å². The fourth-order valence-corrected chi connectivity index (χ4v) is 3.92. The Morgan fingerprint density at radius 3 is 2.96 bits per heavy atom. The number of aromatic nitrogens is 3. The number of likely N-dealkylation sites (tertiary alicyclic amines) is 1. The van der Waals surface area contributed by atoms with Crippen LogP contribution in [0, 0.1) is 13.8 Å². The van der Waals surface area contributed by atoms with Crippen LogP contribution in [-0.4, -0.2) is 45.1 Å². The van der Waals surface area contributed by atoms with Crippen LogP contribution in [0.4, 0.5) is 0 Å². The van der Waals surface area contributed by atoms with Gasteiger partial charge in [0.15, 0.2) is 5.65 Å². The van der Waals surface area contributed by atoms with E-state index in [4.69, 9.17) is 4.74 Å². The van der Waals surface area contributed by atoms with Crippen LogP contribution >= 0.6 is 0 Å². The molecule has 4 rings (SSSR count). The van der Waals surface area contributed by atoms with Crippen LogP contribution in [0.25, 0.3) is 5.65 Å². The molecule has 1 aromatic carbocycles. The third-order valence-corrected chi connectivity index (χ3v) is 5.38. The van der Waals surface area contributed by atoms with Crippen molar-refractivity contribution in [2.45, 2.75) is 39.0 Å². The average Bonchev–Trinajstić information content (AvgIpc) is 3.14. The lowest BCUT2D eigenvalue weighted by molar-refractivity contribution is -0.133. The zero-order valence-electron chi connectivity index (χ0n) is 16.5. The lowest BCUT2D eigenvalue weighted by atomic mass is 9.97. The van der Waals surface area contributed by atoms with E-state index in [-0.39, 0.29) is 11.8 Å². The number of carbonyl (C=O) groups excluding carboxylic acids is 1. The van der Waals surface area contributed by atoms with Gasteiger partial charge in [0.25, 0.3) is 0 Å². The number of pyridine rings is 1. The molecule has 0 N–H and O–H groups in total. The SMILES string of the molecule is Cc1ccc(OCCC(=O)N2CCCC(c3nnc4ccccn34)C2)c(C)c1. The molecular weight excluding hydrogens is 352 g/mol. The molecule has 1 saturated heterocycles. The molecule has 3 heterocycles. The smallest absolute Gasteiger partial charge is 0.226 e. The monoisotopic (exact) mass is 378 g/mol. The lowest BCUT2D eigenvalue weighted by Crippen LogP contribution is -2.40. The number of rotatable bonds is 5. The molecule has 1 amide bonds. The number of hydrogen-bond donors (Lipinski definition) is 0. The van der Waals surface area contributed by atoms with Gasteiger partial charge in [0.2, 0.25) is 5.91 Å². The molecule has 1 unspecified atom stereocenters. The Morgan fingerprint density at radius 1 is 1.21 bits per heavy atom. The van der Waals surface area contributed by atoms with Crippen molar-refractivity contribution in [2.75, 3.05) is 19.7 Å². The predicted octanol–water partition coefficient (Wildman–Crippen LogP) is 3.52. The minimum atomic E-state index is 0.142. The highest BCUT2D eigenvalue weighted by atomic mass is 16.5. The van der Waals surface area contributed by atoms with E-state index in [0.29, 0.717) is 19.6 Å². The van der Waals surface area contributed by atoms with E-state index < -0.39 is 0 Å². The molecule has 6 heteroatoms. The van der Waals surface area contributed by atoms with Crippen LogP contribution in [0.2, 0.25) is 0 Å². The molecule has 1 fully saturated rings. The number of ether oxygens (including phenoxy) is 1. The van der Waals surface area contributed by atoms with Gasteiger partial charge in [-0.25, -0.2) is 0 Å². The van der Waals surface area contributed by atoms with Crippen LogP contribution < -0.4 is 4.74 Å². The third kappa shape index (κ3) is 3.86. The van der Waals surface area contributed by atoms with Crippen molar-refractivity contribution in [2.24, 2.45) is 0 Å². The number of benzene rings is 1. The van der Waals surface area contributed by atoms with Gasteiger partial charge in [0.1, 0.15) is 11.6 Å². The number of hydrogen-bond acceptors (Lipinski definition) is 4. The minimum absolute atomic E-state index is 0.142. The first kappa shape index (κ1) is 18.5. The van der Waals surface area contributed by atoms with Gasteiger partial charge in [0, 0.05) is 25.2 Å². The first-order valence-electron chi connectivity index (χ1n) is 9.89. The maximum atomic E-state index is 12.7. The van der Waals surface area contributed by atoms with Crippen LogP contribution in [0.1, 0.15) is 42.1 Å². The van der Waals surface area contributed by atoms with E-state index in [1.807, 2.05) is 52.8 Å². The zero-order valence-corrected chi connectivity index (χ0v) is 16.5. The van der Waals surface area contributed by atoms with Crippen LogP contribution in [0.3, 0.4) is 0 Å². The minimum Gasteiger partial charge on any atom is -0.493 e. The summed E-state index contributed by atoms with van der Waals surface area (Å²) in [6.07, 6.45) is 4.39. The van der Waals surface area contributed by atoms with Gasteiger partial charge in [-0.3, -0.25) is 9.20 Å². The van der Waals surface area contributed by atoms with E-state index in [2.05, 4.69) is 23.2 Å². The summed E-state index contributed by atoms with van der Waals surface area (Å²) in [6.45, 7) is 5.99. The van der Waals surface area contributed by atoms with Crippen molar-refractivity contribution in [3.05, 3.63) is 59.5 Å². The second kappa shape index (κ2) is 8.00. The van der Waals surface area contributed by atoms with Gasteiger partial charge < -0.3 is 9.64 Å². The number of amides is 1. The van der Waals surface area contributed by atoms with E-state index in [9.17, 15) is 4.79 Å². The summed E-state index contributed by atoms with van der Waals surface area (Å²) >= 11 is 0. The zero-order chi connectivity index (χ0) is 19.5. The molecule has 1 aliphatic rings. The molecule has 0 aliphatic carbocycles. The fourth-order valence-electron chi connectivity index (χ4n) is 3.92. The molecule has 6 nitrogen and oxygen atoms in total. The summed E-state index contributed by atoms with van der Waals surface area (Å²) in [5, 5.41) is 8.63. The Balaban J connectivity index is 1.35. The predicted molar refractivity (Wildman–Crippen MR) is 108 cm³/mol. The Kier molecular flexibility index (Phi) is 5.28. The first-order valence-corrected chi connectivity index (χ1v) is 9.89. The van der Waals surface area contributed by atoms with E-state index >= 15 is 0 Å². The number of fused-ring (bicyclic) bond motifs is 1. The van der Waals surface area contributed by atoms with E-state index in [1.54, 1.807) is 0 Å². The van der Waals surface area contributed by atoms with Crippen molar-refractivity contribution in [1.29, 1.82) is 0 Å². The normalized spacial score (nSPS) is 17.1. The summed E-state index contributed by atoms with van der Waals surface area (Å²) < 4.78 is 7.87. The summed E-state index contributed by atoms with van der Waals surface area (Å²) in [6, 6.07) is 12.0. The van der Waals surface area contributed by atoms with Crippen molar-refractivity contribution in [3.8, 4) is 5.75 Å². The van der Waals surface area contributed by atoms with E-state index in [1.165, 1.54) is 5.56 Å². The first-order chi connectivity index (χ1) is 13.6. The molecular formula is C22H26N4O2. The molecule has 0 spiro atoms. The number of carbonyl (C=O) groups is 1. The van der Waals surface area contributed by atoms with Crippen molar-refractivity contribution < 1.29 is 9.53 Å². The van der Waals surface area contributed by atoms with Crippen molar-refractivity contribution >= 4 is 11.6 Å². The van der Waals surface area contributed by atoms with Crippen LogP contribution in [0.15, 0.2) is 42.6 Å². The second-order valence-corrected chi connectivity index (χ2v) is 7.53. The molecule has 0 saturated carbocycles. The van der Waals surface area contributed by atoms with Gasteiger partial charge in [-0.15, -0.1) is 10.2 Å². The second-order valence-electron chi connectivity index (χ2n) is 7.53. The Labute approximate surface area is 165 Å². The average molecular weight is 378 g/mol. The molecule has 3 aromatic rings. The van der Waals surface area contributed by atoms with Crippen LogP contribution in [0.5, 0.6) is 5.75 Å². The maximum absolute atomic E-state index is 12.7. The number of nitrogens with zero attached hydrogens (tertiary/aromatic N) is 4. The van der Waals surface area contributed by atoms with Crippen molar-refractivity contribution in [1.82, 2.24) is 19.5 Å². The largest absolute Gasteiger partial charge is 0.493 e. The standard InChI is InChI=1S/C22H26N4O2/c1-16-8-9-19(17(2)14-16)28-13-10-21(27)25-11-5-6-18(15-25)22-24-23-20-7-3-4-12-26(20)22/h3-4,7-9,12,14,18H,5-6,10-11,13,15H2,1-2H3. The maximum Gasteiger partial charge on any atom is 0.226 e. The summed E-state index contributed by atoms with van der Waals surface area (Å²) in [5.41, 5.74) is 3.16. The summed E-state index contributed by atoms with van der Waals surface area (Å²) in [4.78, 5) is 14.7. The fraction of sp³-hybridized carbons (Fsp3) is 0.409. The highest BCUT2D eigenvalue weighted by Gasteiger charge is 2.27. The molecule has 146 valence electrons. The highest BCUT2D eigenvalue weighted by molar-refractivity contribution is 5.76. The van der Waals surface area contributed by atoms with Crippen molar-refractivity contribution in [3.63, 3.8) is 0 Å². The highest BCUT2D eigenvalue weighted by Crippen LogP contribution is 2.26. The van der Waals surface area contributed by atoms with Gasteiger partial charge in [-0.05, 0) is 50.5 Å². The molecule has 28 heavy (non-hydrogen) atoms. The summed E-state index contributed by atoms with van der Waals surface area (Å²) in [5.74, 6) is 2.16. The van der Waals surface area contributed by atoms with Gasteiger partial charge >= 0.3 is 0 Å². The Morgan fingerprint density at radius 2 is 2.11 bits per heavy atom. The lowest BCUT2D eigenvalue weighted by Gasteiger charge is -2.32. The molecule has 1 atom stereocenters. The Hall–Kier alpha value is -2.89. The van der Waals surface area contributed by atoms with E-state index in [0.717, 1.165) is 42.2 Å².